The van der Waals surface area contributed by atoms with Crippen LogP contribution in [0.1, 0.15) is 45.9 Å². The first kappa shape index (κ1) is 25.9. The highest BCUT2D eigenvalue weighted by atomic mass is 32.2. The summed E-state index contributed by atoms with van der Waals surface area (Å²) in [5.41, 5.74) is 8.85. The molecule has 7 nitrogen and oxygen atoms in total. The molecule has 1 aliphatic rings. The highest BCUT2D eigenvalue weighted by Crippen LogP contribution is 2.44. The van der Waals surface area contributed by atoms with Gasteiger partial charge in [0.05, 0.1) is 29.7 Å². The van der Waals surface area contributed by atoms with Crippen LogP contribution in [-0.2, 0) is 10.0 Å². The minimum atomic E-state index is -3.39. The fourth-order valence-corrected chi connectivity index (χ4v) is 6.21. The van der Waals surface area contributed by atoms with Crippen LogP contribution >= 0.6 is 12.2 Å². The number of aryl methyl sites for hydroxylation is 3. The summed E-state index contributed by atoms with van der Waals surface area (Å²) < 4.78 is 28.5. The first-order valence-corrected chi connectivity index (χ1v) is 14.7. The van der Waals surface area contributed by atoms with Crippen molar-refractivity contribution in [3.05, 3.63) is 107 Å². The number of nitrogens with zero attached hydrogens (tertiary/aromatic N) is 3. The number of thiocarbonyl (C=S) groups is 1. The zero-order valence-electron chi connectivity index (χ0n) is 22.1. The van der Waals surface area contributed by atoms with Crippen molar-refractivity contribution >= 4 is 38.7 Å². The zero-order chi connectivity index (χ0) is 27.2. The topological polar surface area (TPSA) is 79.3 Å². The fourth-order valence-electron chi connectivity index (χ4n) is 5.24. The highest BCUT2D eigenvalue weighted by Gasteiger charge is 2.42. The molecule has 196 valence electrons. The molecule has 2 aromatic carbocycles. The van der Waals surface area contributed by atoms with Crippen LogP contribution in [0.15, 0.2) is 72.9 Å². The third-order valence-electron chi connectivity index (χ3n) is 6.96. The second kappa shape index (κ2) is 9.89. The van der Waals surface area contributed by atoms with Gasteiger partial charge in [0.25, 0.3) is 0 Å². The Morgan fingerprint density at radius 3 is 2.29 bits per heavy atom. The largest absolute Gasteiger partial charge is 0.351 e. The molecule has 4 aromatic rings. The van der Waals surface area contributed by atoms with Gasteiger partial charge in [-0.15, -0.1) is 0 Å². The molecule has 1 aliphatic heterocycles. The molecular formula is C29H31N5O2S2. The molecule has 1 fully saturated rings. The van der Waals surface area contributed by atoms with E-state index in [1.807, 2.05) is 37.3 Å². The molecule has 2 unspecified atom stereocenters. The number of rotatable bonds is 6. The third-order valence-corrected chi connectivity index (χ3v) is 7.87. The van der Waals surface area contributed by atoms with Crippen LogP contribution in [0.2, 0.25) is 0 Å². The number of hydrogen-bond acceptors (Lipinski definition) is 4. The Hall–Kier alpha value is -3.69. The summed E-state index contributed by atoms with van der Waals surface area (Å²) in [6.07, 6.45) is 2.95. The number of anilines is 2. The maximum atomic E-state index is 11.8. The Labute approximate surface area is 229 Å². The average molecular weight is 546 g/mol. The lowest BCUT2D eigenvalue weighted by molar-refractivity contribution is 0.565. The van der Waals surface area contributed by atoms with Gasteiger partial charge in [0.15, 0.2) is 5.11 Å². The van der Waals surface area contributed by atoms with Crippen LogP contribution in [0.5, 0.6) is 0 Å². The lowest BCUT2D eigenvalue weighted by Crippen LogP contribution is -2.29. The molecule has 3 heterocycles. The Bertz CT molecular complexity index is 1610. The van der Waals surface area contributed by atoms with E-state index in [9.17, 15) is 8.42 Å². The monoisotopic (exact) mass is 545 g/mol. The molecule has 0 radical (unpaired) electrons. The van der Waals surface area contributed by atoms with Crippen LogP contribution in [0.4, 0.5) is 11.4 Å². The quantitative estimate of drug-likeness (QED) is 0.305. The minimum Gasteiger partial charge on any atom is -0.351 e. The van der Waals surface area contributed by atoms with Gasteiger partial charge in [-0.3, -0.25) is 9.71 Å². The number of sulfonamides is 1. The summed E-state index contributed by atoms with van der Waals surface area (Å²) >= 11 is 5.90. The summed E-state index contributed by atoms with van der Waals surface area (Å²) in [7, 11) is -3.39. The van der Waals surface area contributed by atoms with Crippen LogP contribution < -0.4 is 14.9 Å². The van der Waals surface area contributed by atoms with Gasteiger partial charge in [0.1, 0.15) is 0 Å². The lowest BCUT2D eigenvalue weighted by Gasteiger charge is -2.29. The van der Waals surface area contributed by atoms with Gasteiger partial charge < -0.3 is 14.8 Å². The van der Waals surface area contributed by atoms with Gasteiger partial charge in [-0.05, 0) is 99.6 Å². The van der Waals surface area contributed by atoms with Gasteiger partial charge in [-0.1, -0.05) is 23.8 Å². The van der Waals surface area contributed by atoms with E-state index in [2.05, 4.69) is 75.6 Å². The second-order valence-electron chi connectivity index (χ2n) is 9.87. The number of nitrogens with one attached hydrogen (secondary N) is 2. The molecule has 0 spiro atoms. The number of pyridine rings is 1. The predicted molar refractivity (Wildman–Crippen MR) is 158 cm³/mol. The van der Waals surface area contributed by atoms with E-state index in [0.717, 1.165) is 45.8 Å². The molecule has 2 atom stereocenters. The molecule has 1 saturated heterocycles. The fraction of sp³-hybridized carbons (Fsp3) is 0.241. The molecule has 0 bridgehead atoms. The van der Waals surface area contributed by atoms with E-state index in [1.165, 1.54) is 5.56 Å². The van der Waals surface area contributed by atoms with E-state index >= 15 is 0 Å². The summed E-state index contributed by atoms with van der Waals surface area (Å²) in [4.78, 5) is 6.78. The zero-order valence-corrected chi connectivity index (χ0v) is 23.7. The van der Waals surface area contributed by atoms with Crippen molar-refractivity contribution in [2.75, 3.05) is 15.9 Å². The van der Waals surface area contributed by atoms with Crippen molar-refractivity contribution in [3.63, 3.8) is 0 Å². The standard InChI is InChI=1S/C29H31N5O2S2/c1-18-9-11-22(12-10-18)33-20(3)17-24(21(33)4)28-27(26-8-6-7-15-30-26)31-29(37)34(28)23-13-14-25(19(2)16-23)32-38(5,35)36/h6-17,27-28,32H,1-5H3,(H,31,37). The second-order valence-corrected chi connectivity index (χ2v) is 12.0. The number of aromatic nitrogens is 2. The van der Waals surface area contributed by atoms with Gasteiger partial charge >= 0.3 is 0 Å². The van der Waals surface area contributed by atoms with Crippen LogP contribution in [-0.4, -0.2) is 29.3 Å². The van der Waals surface area contributed by atoms with Crippen molar-refractivity contribution in [2.24, 2.45) is 0 Å². The number of benzene rings is 2. The normalized spacial score (nSPS) is 17.5. The summed E-state index contributed by atoms with van der Waals surface area (Å²) in [6.45, 7) is 8.23. The third kappa shape index (κ3) is 4.91. The summed E-state index contributed by atoms with van der Waals surface area (Å²) in [5, 5.41) is 4.11. The smallest absolute Gasteiger partial charge is 0.229 e. The molecule has 2 aromatic heterocycles. The molecule has 0 saturated carbocycles. The highest BCUT2D eigenvalue weighted by molar-refractivity contribution is 7.92. The van der Waals surface area contributed by atoms with Crippen LogP contribution in [0.25, 0.3) is 5.69 Å². The number of hydrogen-bond donors (Lipinski definition) is 2. The van der Waals surface area contributed by atoms with Gasteiger partial charge in [-0.2, -0.15) is 0 Å². The van der Waals surface area contributed by atoms with Crippen LogP contribution in [0.3, 0.4) is 0 Å². The van der Waals surface area contributed by atoms with E-state index < -0.39 is 10.0 Å². The average Bonchev–Trinajstić information content (AvgIpc) is 3.36. The predicted octanol–water partition coefficient (Wildman–Crippen LogP) is 5.65. The Morgan fingerprint density at radius 1 is 0.947 bits per heavy atom. The Morgan fingerprint density at radius 2 is 1.66 bits per heavy atom. The molecular weight excluding hydrogens is 514 g/mol. The molecule has 2 N–H and O–H groups in total. The SMILES string of the molecule is Cc1ccc(-n2c(C)cc(C3C(c4ccccn4)NC(=S)N3c3ccc(NS(C)(=O)=O)c(C)c3)c2C)cc1. The van der Waals surface area contributed by atoms with Crippen molar-refractivity contribution in [2.45, 2.75) is 39.8 Å². The lowest BCUT2D eigenvalue weighted by atomic mass is 9.96. The van der Waals surface area contributed by atoms with Gasteiger partial charge in [0.2, 0.25) is 10.0 Å². The minimum absolute atomic E-state index is 0.170. The van der Waals surface area contributed by atoms with Gasteiger partial charge in [-0.25, -0.2) is 8.42 Å². The first-order chi connectivity index (χ1) is 18.0. The Kier molecular flexibility index (Phi) is 6.75. The Balaban J connectivity index is 1.65. The maximum Gasteiger partial charge on any atom is 0.229 e. The molecule has 0 amide bonds. The van der Waals surface area contributed by atoms with Crippen molar-refractivity contribution in [1.82, 2.24) is 14.9 Å². The molecule has 38 heavy (non-hydrogen) atoms. The van der Waals surface area contributed by atoms with E-state index in [4.69, 9.17) is 12.2 Å². The van der Waals surface area contributed by atoms with E-state index in [1.54, 1.807) is 12.3 Å². The van der Waals surface area contributed by atoms with Gasteiger partial charge in [0, 0.05) is 29.0 Å². The summed E-state index contributed by atoms with van der Waals surface area (Å²) in [6, 6.07) is 22.0. The molecule has 0 aliphatic carbocycles. The van der Waals surface area contributed by atoms with Crippen molar-refractivity contribution in [3.8, 4) is 5.69 Å². The van der Waals surface area contributed by atoms with Crippen molar-refractivity contribution in [1.29, 1.82) is 0 Å². The van der Waals surface area contributed by atoms with Crippen LogP contribution in [0, 0.1) is 27.7 Å². The van der Waals surface area contributed by atoms with E-state index in [0.29, 0.717) is 10.8 Å². The molecule has 5 rings (SSSR count). The first-order valence-electron chi connectivity index (χ1n) is 12.4. The maximum absolute atomic E-state index is 11.8. The van der Waals surface area contributed by atoms with Crippen molar-refractivity contribution < 1.29 is 8.42 Å². The summed E-state index contributed by atoms with van der Waals surface area (Å²) in [5.74, 6) is 0. The molecule has 9 heteroatoms. The van der Waals surface area contributed by atoms with E-state index in [-0.39, 0.29) is 12.1 Å².